The summed E-state index contributed by atoms with van der Waals surface area (Å²) in [4.78, 5) is 7.49. The number of benzene rings is 1. The smallest absolute Gasteiger partial charge is 0.165 e. The highest BCUT2D eigenvalue weighted by atomic mass is 35.5. The van der Waals surface area contributed by atoms with Crippen LogP contribution in [0, 0.1) is 13.8 Å². The molecule has 0 bridgehead atoms. The van der Waals surface area contributed by atoms with Gasteiger partial charge >= 0.3 is 0 Å². The van der Waals surface area contributed by atoms with E-state index in [-0.39, 0.29) is 0 Å². The summed E-state index contributed by atoms with van der Waals surface area (Å²) in [5.41, 5.74) is 6.62. The van der Waals surface area contributed by atoms with Crippen molar-refractivity contribution in [3.8, 4) is 11.1 Å². The van der Waals surface area contributed by atoms with Crippen LogP contribution in [0.15, 0.2) is 24.3 Å². The summed E-state index contributed by atoms with van der Waals surface area (Å²) in [5, 5.41) is 5.65. The predicted molar refractivity (Wildman–Crippen MR) is 108 cm³/mol. The Morgan fingerprint density at radius 2 is 1.77 bits per heavy atom. The van der Waals surface area contributed by atoms with E-state index in [2.05, 4.69) is 49.2 Å². The first-order chi connectivity index (χ1) is 12.5. The SMILES string of the molecule is CCC(CC)N1CCc2c(C)nc3c(-c4ccc(Cl)cc4)c(C)nn3c21. The Balaban J connectivity index is 1.97. The average molecular weight is 369 g/mol. The summed E-state index contributed by atoms with van der Waals surface area (Å²) in [6.45, 7) is 9.79. The number of hydrogen-bond acceptors (Lipinski definition) is 3. The van der Waals surface area contributed by atoms with Crippen molar-refractivity contribution in [2.75, 3.05) is 11.4 Å². The van der Waals surface area contributed by atoms with Crippen molar-refractivity contribution in [2.24, 2.45) is 0 Å². The van der Waals surface area contributed by atoms with Gasteiger partial charge < -0.3 is 4.90 Å². The number of fused-ring (bicyclic) bond motifs is 3. The quantitative estimate of drug-likeness (QED) is 0.633. The molecule has 136 valence electrons. The summed E-state index contributed by atoms with van der Waals surface area (Å²) in [7, 11) is 0. The normalized spacial score (nSPS) is 13.8. The first kappa shape index (κ1) is 17.3. The molecule has 0 fully saturated rings. The molecule has 0 unspecified atom stereocenters. The van der Waals surface area contributed by atoms with Gasteiger partial charge in [0.15, 0.2) is 5.65 Å². The van der Waals surface area contributed by atoms with Crippen molar-refractivity contribution >= 4 is 23.1 Å². The van der Waals surface area contributed by atoms with E-state index in [0.29, 0.717) is 6.04 Å². The van der Waals surface area contributed by atoms with Gasteiger partial charge in [-0.1, -0.05) is 37.6 Å². The van der Waals surface area contributed by atoms with Crippen LogP contribution in [0.4, 0.5) is 5.82 Å². The molecule has 1 aliphatic rings. The highest BCUT2D eigenvalue weighted by Gasteiger charge is 2.30. The van der Waals surface area contributed by atoms with Crippen molar-refractivity contribution in [3.63, 3.8) is 0 Å². The monoisotopic (exact) mass is 368 g/mol. The third kappa shape index (κ3) is 2.59. The minimum Gasteiger partial charge on any atom is -0.353 e. The summed E-state index contributed by atoms with van der Waals surface area (Å²) in [6, 6.07) is 8.50. The van der Waals surface area contributed by atoms with E-state index < -0.39 is 0 Å². The predicted octanol–water partition coefficient (Wildman–Crippen LogP) is 5.22. The zero-order valence-corrected chi connectivity index (χ0v) is 16.6. The largest absolute Gasteiger partial charge is 0.353 e. The van der Waals surface area contributed by atoms with Crippen LogP contribution in [0.3, 0.4) is 0 Å². The number of anilines is 1. The molecule has 0 aliphatic carbocycles. The molecule has 0 amide bonds. The molecular weight excluding hydrogens is 344 g/mol. The molecule has 0 atom stereocenters. The summed E-state index contributed by atoms with van der Waals surface area (Å²) in [5.74, 6) is 1.24. The minimum absolute atomic E-state index is 0.546. The van der Waals surface area contributed by atoms with Crippen LogP contribution in [0.5, 0.6) is 0 Å². The fraction of sp³-hybridized carbons (Fsp3) is 0.429. The molecule has 2 aromatic heterocycles. The lowest BCUT2D eigenvalue weighted by atomic mass is 10.1. The zero-order valence-electron chi connectivity index (χ0n) is 15.9. The second kappa shape index (κ2) is 6.58. The second-order valence-electron chi connectivity index (χ2n) is 7.12. The molecule has 3 heterocycles. The lowest BCUT2D eigenvalue weighted by molar-refractivity contribution is 0.563. The molecule has 3 aromatic rings. The van der Waals surface area contributed by atoms with E-state index >= 15 is 0 Å². The molecule has 0 N–H and O–H groups in total. The van der Waals surface area contributed by atoms with E-state index in [1.165, 1.54) is 11.4 Å². The van der Waals surface area contributed by atoms with Crippen LogP contribution >= 0.6 is 11.6 Å². The molecule has 0 spiro atoms. The molecule has 1 aromatic carbocycles. The maximum atomic E-state index is 6.08. The molecule has 0 saturated heterocycles. The molecule has 1 aliphatic heterocycles. The maximum absolute atomic E-state index is 6.08. The molecule has 0 radical (unpaired) electrons. The first-order valence-electron chi connectivity index (χ1n) is 9.46. The minimum atomic E-state index is 0.546. The third-order valence-corrected chi connectivity index (χ3v) is 5.86. The van der Waals surface area contributed by atoms with Gasteiger partial charge in [0.2, 0.25) is 0 Å². The molecule has 5 heteroatoms. The standard InChI is InChI=1S/C21H25ClN4/c1-5-17(6-2)25-12-11-18-13(3)23-20-19(14(4)24-26(20)21(18)25)15-7-9-16(22)10-8-15/h7-10,17H,5-6,11-12H2,1-4H3. The summed E-state index contributed by atoms with van der Waals surface area (Å²) in [6.07, 6.45) is 3.34. The lowest BCUT2D eigenvalue weighted by Gasteiger charge is -2.28. The van der Waals surface area contributed by atoms with Gasteiger partial charge in [0.05, 0.1) is 5.69 Å². The van der Waals surface area contributed by atoms with Crippen molar-refractivity contribution < 1.29 is 0 Å². The van der Waals surface area contributed by atoms with Crippen molar-refractivity contribution in [1.29, 1.82) is 0 Å². The third-order valence-electron chi connectivity index (χ3n) is 5.61. The zero-order chi connectivity index (χ0) is 18.4. The Bertz CT molecular complexity index is 955. The van der Waals surface area contributed by atoms with E-state index in [1.54, 1.807) is 0 Å². The Morgan fingerprint density at radius 3 is 2.42 bits per heavy atom. The van der Waals surface area contributed by atoms with Crippen molar-refractivity contribution in [1.82, 2.24) is 14.6 Å². The lowest BCUT2D eigenvalue weighted by Crippen LogP contribution is -2.34. The number of rotatable bonds is 4. The molecule has 4 rings (SSSR count). The van der Waals surface area contributed by atoms with Crippen LogP contribution in [-0.4, -0.2) is 27.2 Å². The maximum Gasteiger partial charge on any atom is 0.165 e. The first-order valence-corrected chi connectivity index (χ1v) is 9.84. The van der Waals surface area contributed by atoms with Gasteiger partial charge in [-0.3, -0.25) is 0 Å². The molecule has 4 nitrogen and oxygen atoms in total. The number of hydrogen-bond donors (Lipinski definition) is 0. The number of nitrogens with zero attached hydrogens (tertiary/aromatic N) is 4. The number of aryl methyl sites for hydroxylation is 2. The summed E-state index contributed by atoms with van der Waals surface area (Å²) >= 11 is 6.08. The summed E-state index contributed by atoms with van der Waals surface area (Å²) < 4.78 is 2.08. The number of halogens is 1. The van der Waals surface area contributed by atoms with Gasteiger partial charge in [-0.15, -0.1) is 0 Å². The Kier molecular flexibility index (Phi) is 4.39. The Hall–Kier alpha value is -2.07. The highest BCUT2D eigenvalue weighted by molar-refractivity contribution is 6.30. The van der Waals surface area contributed by atoms with Crippen LogP contribution < -0.4 is 4.90 Å². The second-order valence-corrected chi connectivity index (χ2v) is 7.55. The van der Waals surface area contributed by atoms with Crippen LogP contribution in [0.1, 0.15) is 43.6 Å². The van der Waals surface area contributed by atoms with Crippen LogP contribution in [0.2, 0.25) is 5.02 Å². The van der Waals surface area contributed by atoms with Crippen molar-refractivity contribution in [2.45, 2.75) is 53.0 Å². The molecule has 0 saturated carbocycles. The highest BCUT2D eigenvalue weighted by Crippen LogP contribution is 2.37. The van der Waals surface area contributed by atoms with E-state index in [1.807, 2.05) is 12.1 Å². The van der Waals surface area contributed by atoms with E-state index in [9.17, 15) is 0 Å². The Morgan fingerprint density at radius 1 is 1.08 bits per heavy atom. The van der Waals surface area contributed by atoms with Gasteiger partial charge in [0.25, 0.3) is 0 Å². The Labute approximate surface area is 159 Å². The van der Waals surface area contributed by atoms with Gasteiger partial charge in [-0.2, -0.15) is 9.61 Å². The van der Waals surface area contributed by atoms with E-state index in [4.69, 9.17) is 21.7 Å². The number of aromatic nitrogens is 3. The topological polar surface area (TPSA) is 33.4 Å². The van der Waals surface area contributed by atoms with E-state index in [0.717, 1.165) is 59.0 Å². The molecular formula is C21H25ClN4. The average Bonchev–Trinajstić information content (AvgIpc) is 3.19. The fourth-order valence-corrected chi connectivity index (χ4v) is 4.37. The van der Waals surface area contributed by atoms with Crippen LogP contribution in [-0.2, 0) is 6.42 Å². The van der Waals surface area contributed by atoms with Gasteiger partial charge in [-0.05, 0) is 50.8 Å². The van der Waals surface area contributed by atoms with Gasteiger partial charge in [-0.25, -0.2) is 4.98 Å². The van der Waals surface area contributed by atoms with Gasteiger partial charge in [0.1, 0.15) is 5.82 Å². The van der Waals surface area contributed by atoms with Gasteiger partial charge in [0, 0.05) is 34.4 Å². The molecule has 26 heavy (non-hydrogen) atoms. The fourth-order valence-electron chi connectivity index (χ4n) is 4.25. The van der Waals surface area contributed by atoms with Crippen molar-refractivity contribution in [3.05, 3.63) is 46.2 Å². The van der Waals surface area contributed by atoms with Crippen LogP contribution in [0.25, 0.3) is 16.8 Å².